The van der Waals surface area contributed by atoms with E-state index in [2.05, 4.69) is 12.2 Å². The SMILES string of the molecule is CCC1CCC(O)(CNc2cc(OC)c(N)cc2F)CC1. The van der Waals surface area contributed by atoms with Crippen molar-refractivity contribution in [3.63, 3.8) is 0 Å². The maximum Gasteiger partial charge on any atom is 0.148 e. The molecule has 0 radical (unpaired) electrons. The van der Waals surface area contributed by atoms with Crippen LogP contribution < -0.4 is 15.8 Å². The Labute approximate surface area is 125 Å². The van der Waals surface area contributed by atoms with Crippen LogP contribution in [0.4, 0.5) is 15.8 Å². The lowest BCUT2D eigenvalue weighted by molar-refractivity contribution is 0.00225. The zero-order valence-electron chi connectivity index (χ0n) is 12.8. The first kappa shape index (κ1) is 15.9. The molecular formula is C16H25FN2O2. The van der Waals surface area contributed by atoms with Crippen molar-refractivity contribution >= 4 is 11.4 Å². The topological polar surface area (TPSA) is 67.5 Å². The van der Waals surface area contributed by atoms with E-state index in [1.807, 2.05) is 0 Å². The van der Waals surface area contributed by atoms with Crippen LogP contribution in [-0.4, -0.2) is 24.4 Å². The van der Waals surface area contributed by atoms with Crippen molar-refractivity contribution in [2.24, 2.45) is 5.92 Å². The van der Waals surface area contributed by atoms with Gasteiger partial charge in [-0.15, -0.1) is 0 Å². The molecule has 1 aliphatic rings. The van der Waals surface area contributed by atoms with Crippen molar-refractivity contribution < 1.29 is 14.2 Å². The molecule has 1 aromatic carbocycles. The van der Waals surface area contributed by atoms with Crippen LogP contribution in [0.1, 0.15) is 39.0 Å². The van der Waals surface area contributed by atoms with Gasteiger partial charge in [-0.2, -0.15) is 0 Å². The highest BCUT2D eigenvalue weighted by molar-refractivity contribution is 5.62. The van der Waals surface area contributed by atoms with E-state index in [4.69, 9.17) is 10.5 Å². The monoisotopic (exact) mass is 296 g/mol. The van der Waals surface area contributed by atoms with E-state index in [0.717, 1.165) is 32.1 Å². The number of rotatable bonds is 5. The predicted molar refractivity (Wildman–Crippen MR) is 83.1 cm³/mol. The number of methoxy groups -OCH3 is 1. The summed E-state index contributed by atoms with van der Waals surface area (Å²) in [7, 11) is 1.49. The molecule has 0 heterocycles. The number of nitrogens with one attached hydrogen (secondary N) is 1. The minimum atomic E-state index is -0.757. The summed E-state index contributed by atoms with van der Waals surface area (Å²) in [6, 6.07) is 2.77. The Balaban J connectivity index is 2.00. The Kier molecular flexibility index (Phi) is 4.93. The van der Waals surface area contributed by atoms with Crippen LogP contribution >= 0.6 is 0 Å². The van der Waals surface area contributed by atoms with Gasteiger partial charge in [0.15, 0.2) is 0 Å². The number of ether oxygens (including phenoxy) is 1. The lowest BCUT2D eigenvalue weighted by Crippen LogP contribution is -2.40. The highest BCUT2D eigenvalue weighted by Crippen LogP contribution is 2.34. The van der Waals surface area contributed by atoms with Gasteiger partial charge in [0.25, 0.3) is 0 Å². The lowest BCUT2D eigenvalue weighted by Gasteiger charge is -2.36. The molecule has 0 amide bonds. The van der Waals surface area contributed by atoms with E-state index in [-0.39, 0.29) is 5.69 Å². The van der Waals surface area contributed by atoms with Crippen molar-refractivity contribution in [1.29, 1.82) is 0 Å². The van der Waals surface area contributed by atoms with Crippen molar-refractivity contribution in [2.45, 2.75) is 44.6 Å². The average Bonchev–Trinajstić information content (AvgIpc) is 2.47. The second-order valence-electron chi connectivity index (χ2n) is 6.00. The zero-order chi connectivity index (χ0) is 15.5. The highest BCUT2D eigenvalue weighted by Gasteiger charge is 2.32. The fourth-order valence-electron chi connectivity index (χ4n) is 2.94. The quantitative estimate of drug-likeness (QED) is 0.730. The molecule has 1 aromatic rings. The molecule has 0 unspecified atom stereocenters. The third kappa shape index (κ3) is 3.79. The van der Waals surface area contributed by atoms with Crippen molar-refractivity contribution in [1.82, 2.24) is 0 Å². The molecule has 1 fully saturated rings. The van der Waals surface area contributed by atoms with Crippen molar-refractivity contribution in [3.05, 3.63) is 17.9 Å². The van der Waals surface area contributed by atoms with Gasteiger partial charge in [-0.05, 0) is 31.6 Å². The number of hydrogen-bond donors (Lipinski definition) is 3. The largest absolute Gasteiger partial charge is 0.495 e. The van der Waals surface area contributed by atoms with Crippen LogP contribution in [0.25, 0.3) is 0 Å². The van der Waals surface area contributed by atoms with E-state index < -0.39 is 11.4 Å². The first-order chi connectivity index (χ1) is 9.97. The first-order valence-corrected chi connectivity index (χ1v) is 7.56. The molecule has 0 spiro atoms. The van der Waals surface area contributed by atoms with E-state index >= 15 is 0 Å². The standard InChI is InChI=1S/C16H25FN2O2/c1-3-11-4-6-16(20,7-5-11)10-19-14-9-15(21-2)13(18)8-12(14)17/h8-9,11,19-20H,3-7,10,18H2,1-2H3. The molecular weight excluding hydrogens is 271 g/mol. The predicted octanol–water partition coefficient (Wildman–Crippen LogP) is 3.16. The summed E-state index contributed by atoms with van der Waals surface area (Å²) < 4.78 is 19.0. The minimum Gasteiger partial charge on any atom is -0.495 e. The van der Waals surface area contributed by atoms with Gasteiger partial charge in [0.1, 0.15) is 11.6 Å². The van der Waals surface area contributed by atoms with Crippen molar-refractivity contribution in [3.8, 4) is 5.75 Å². The smallest absolute Gasteiger partial charge is 0.148 e. The summed E-state index contributed by atoms with van der Waals surface area (Å²) in [6.45, 7) is 2.52. The second kappa shape index (κ2) is 6.52. The number of aliphatic hydroxyl groups is 1. The Hall–Kier alpha value is -1.49. The van der Waals surface area contributed by atoms with Gasteiger partial charge >= 0.3 is 0 Å². The van der Waals surface area contributed by atoms with Gasteiger partial charge in [-0.25, -0.2) is 4.39 Å². The maximum atomic E-state index is 13.9. The summed E-state index contributed by atoms with van der Waals surface area (Å²) in [5.74, 6) is 0.707. The van der Waals surface area contributed by atoms with Crippen LogP contribution in [0.15, 0.2) is 12.1 Å². The summed E-state index contributed by atoms with van der Waals surface area (Å²) in [5, 5.41) is 13.6. The fraction of sp³-hybridized carbons (Fsp3) is 0.625. The molecule has 1 saturated carbocycles. The number of anilines is 2. The van der Waals surface area contributed by atoms with Gasteiger partial charge in [-0.3, -0.25) is 0 Å². The summed E-state index contributed by atoms with van der Waals surface area (Å²) in [4.78, 5) is 0. The van der Waals surface area contributed by atoms with Crippen LogP contribution in [0.3, 0.4) is 0 Å². The normalized spacial score (nSPS) is 25.6. The van der Waals surface area contributed by atoms with E-state index in [9.17, 15) is 9.50 Å². The maximum absolute atomic E-state index is 13.9. The highest BCUT2D eigenvalue weighted by atomic mass is 19.1. The van der Waals surface area contributed by atoms with Gasteiger partial charge in [0, 0.05) is 18.7 Å². The number of nitrogens with two attached hydrogens (primary N) is 1. The molecule has 4 nitrogen and oxygen atoms in total. The Morgan fingerprint density at radius 1 is 1.43 bits per heavy atom. The molecule has 1 aliphatic carbocycles. The Morgan fingerprint density at radius 3 is 2.67 bits per heavy atom. The molecule has 0 aromatic heterocycles. The van der Waals surface area contributed by atoms with Gasteiger partial charge in [0.2, 0.25) is 0 Å². The van der Waals surface area contributed by atoms with E-state index in [0.29, 0.717) is 23.9 Å². The molecule has 21 heavy (non-hydrogen) atoms. The Bertz CT molecular complexity index is 485. The van der Waals surface area contributed by atoms with Crippen molar-refractivity contribution in [2.75, 3.05) is 24.7 Å². The molecule has 4 N–H and O–H groups in total. The molecule has 0 bridgehead atoms. The van der Waals surface area contributed by atoms with Crippen LogP contribution in [0.5, 0.6) is 5.75 Å². The minimum absolute atomic E-state index is 0.266. The summed E-state index contributed by atoms with van der Waals surface area (Å²) in [5.41, 5.74) is 5.48. The lowest BCUT2D eigenvalue weighted by atomic mass is 9.78. The second-order valence-corrected chi connectivity index (χ2v) is 6.00. The molecule has 0 atom stereocenters. The van der Waals surface area contributed by atoms with Crippen LogP contribution in [0, 0.1) is 11.7 Å². The van der Waals surface area contributed by atoms with Crippen LogP contribution in [0.2, 0.25) is 0 Å². The number of nitrogen functional groups attached to an aromatic ring is 1. The van der Waals surface area contributed by atoms with E-state index in [1.165, 1.54) is 19.2 Å². The average molecular weight is 296 g/mol. The fourth-order valence-corrected chi connectivity index (χ4v) is 2.94. The molecule has 2 rings (SSSR count). The van der Waals surface area contributed by atoms with Crippen LogP contribution in [-0.2, 0) is 0 Å². The summed E-state index contributed by atoms with van der Waals surface area (Å²) in [6.07, 6.45) is 4.73. The summed E-state index contributed by atoms with van der Waals surface area (Å²) >= 11 is 0. The van der Waals surface area contributed by atoms with Gasteiger partial charge < -0.3 is 20.9 Å². The van der Waals surface area contributed by atoms with E-state index in [1.54, 1.807) is 0 Å². The molecule has 118 valence electrons. The van der Waals surface area contributed by atoms with Gasteiger partial charge in [-0.1, -0.05) is 13.3 Å². The number of benzene rings is 1. The van der Waals surface area contributed by atoms with Gasteiger partial charge in [0.05, 0.1) is 24.1 Å². The number of hydrogen-bond acceptors (Lipinski definition) is 4. The zero-order valence-corrected chi connectivity index (χ0v) is 12.8. The Morgan fingerprint density at radius 2 is 2.10 bits per heavy atom. The number of halogens is 1. The third-order valence-corrected chi connectivity index (χ3v) is 4.54. The third-order valence-electron chi connectivity index (χ3n) is 4.54. The molecule has 0 saturated heterocycles. The first-order valence-electron chi connectivity index (χ1n) is 7.56. The molecule has 0 aliphatic heterocycles. The molecule has 5 heteroatoms.